The summed E-state index contributed by atoms with van der Waals surface area (Å²) in [6.45, 7) is 4.74. The molecule has 0 fully saturated rings. The molecule has 2 N–H and O–H groups in total. The smallest absolute Gasteiger partial charge is 0.159 e. The van der Waals surface area contributed by atoms with Crippen LogP contribution in [0.5, 0.6) is 0 Å². The molecule has 0 radical (unpaired) electrons. The minimum Gasteiger partial charge on any atom is -0.383 e. The predicted molar refractivity (Wildman–Crippen MR) is 63.1 cm³/mol. The third-order valence-electron chi connectivity index (χ3n) is 3.01. The predicted octanol–water partition coefficient (Wildman–Crippen LogP) is 2.04. The van der Waals surface area contributed by atoms with Crippen molar-refractivity contribution in [1.29, 1.82) is 0 Å². The minimum atomic E-state index is -0.0156. The number of anilines is 1. The molecule has 16 heavy (non-hydrogen) atoms. The summed E-state index contributed by atoms with van der Waals surface area (Å²) in [6.07, 6.45) is 4.05. The summed E-state index contributed by atoms with van der Waals surface area (Å²) in [5.41, 5.74) is 8.23. The standard InChI is InChI=1S/C12H19N3O/c1-3-10(16-4-2)12-14-9-7-5-6-8(9)11(13)15-12/h10H,3-7H2,1-2H3,(H2,13,14,15). The highest BCUT2D eigenvalue weighted by atomic mass is 16.5. The third kappa shape index (κ3) is 2.02. The number of rotatable bonds is 4. The first kappa shape index (κ1) is 11.3. The van der Waals surface area contributed by atoms with Gasteiger partial charge >= 0.3 is 0 Å². The Bertz CT molecular complexity index is 379. The van der Waals surface area contributed by atoms with Crippen LogP contribution in [-0.4, -0.2) is 16.6 Å². The van der Waals surface area contributed by atoms with Crippen LogP contribution < -0.4 is 5.73 Å². The second-order valence-electron chi connectivity index (χ2n) is 4.10. The highest BCUT2D eigenvalue weighted by Crippen LogP contribution is 2.27. The van der Waals surface area contributed by atoms with Crippen LogP contribution in [0.3, 0.4) is 0 Å². The van der Waals surface area contributed by atoms with E-state index in [9.17, 15) is 0 Å². The summed E-state index contributed by atoms with van der Waals surface area (Å²) in [6, 6.07) is 0. The van der Waals surface area contributed by atoms with Crippen molar-refractivity contribution in [2.24, 2.45) is 0 Å². The van der Waals surface area contributed by atoms with E-state index < -0.39 is 0 Å². The number of hydrogen-bond acceptors (Lipinski definition) is 4. The SMILES string of the molecule is CCOC(CC)c1nc(N)c2c(n1)CCC2. The van der Waals surface area contributed by atoms with Gasteiger partial charge in [0.15, 0.2) is 5.82 Å². The number of ether oxygens (including phenoxy) is 1. The highest BCUT2D eigenvalue weighted by Gasteiger charge is 2.21. The lowest BCUT2D eigenvalue weighted by molar-refractivity contribution is 0.0534. The van der Waals surface area contributed by atoms with Crippen LogP contribution in [0, 0.1) is 0 Å². The Kier molecular flexibility index (Phi) is 3.39. The van der Waals surface area contributed by atoms with Crippen LogP contribution >= 0.6 is 0 Å². The first-order valence-corrected chi connectivity index (χ1v) is 6.03. The second-order valence-corrected chi connectivity index (χ2v) is 4.10. The van der Waals surface area contributed by atoms with Gasteiger partial charge in [0, 0.05) is 17.9 Å². The number of aryl methyl sites for hydroxylation is 1. The number of nitrogens with two attached hydrogens (primary N) is 1. The van der Waals surface area contributed by atoms with Crippen molar-refractivity contribution >= 4 is 5.82 Å². The molecule has 1 aliphatic carbocycles. The van der Waals surface area contributed by atoms with E-state index in [0.29, 0.717) is 12.4 Å². The molecule has 1 aliphatic rings. The number of aromatic nitrogens is 2. The molecule has 1 aromatic heterocycles. The van der Waals surface area contributed by atoms with E-state index in [2.05, 4.69) is 16.9 Å². The summed E-state index contributed by atoms with van der Waals surface area (Å²) in [4.78, 5) is 8.96. The molecule has 1 heterocycles. The Morgan fingerprint density at radius 1 is 1.31 bits per heavy atom. The van der Waals surface area contributed by atoms with Gasteiger partial charge in [0.2, 0.25) is 0 Å². The molecule has 0 bridgehead atoms. The van der Waals surface area contributed by atoms with Gasteiger partial charge in [-0.1, -0.05) is 6.92 Å². The Morgan fingerprint density at radius 3 is 2.81 bits per heavy atom. The molecule has 0 spiro atoms. The molecule has 2 rings (SSSR count). The van der Waals surface area contributed by atoms with Gasteiger partial charge in [-0.25, -0.2) is 9.97 Å². The minimum absolute atomic E-state index is 0.0156. The first-order chi connectivity index (χ1) is 7.76. The zero-order chi connectivity index (χ0) is 11.5. The third-order valence-corrected chi connectivity index (χ3v) is 3.01. The molecule has 4 heteroatoms. The second kappa shape index (κ2) is 4.78. The molecule has 0 amide bonds. The molecule has 1 aromatic rings. The maximum atomic E-state index is 5.95. The van der Waals surface area contributed by atoms with Crippen LogP contribution in [0.4, 0.5) is 5.82 Å². The molecule has 1 unspecified atom stereocenters. The van der Waals surface area contributed by atoms with Crippen molar-refractivity contribution in [1.82, 2.24) is 9.97 Å². The summed E-state index contributed by atoms with van der Waals surface area (Å²) in [5, 5.41) is 0. The average molecular weight is 221 g/mol. The average Bonchev–Trinajstić information content (AvgIpc) is 2.74. The monoisotopic (exact) mass is 221 g/mol. The van der Waals surface area contributed by atoms with Crippen molar-refractivity contribution in [2.45, 2.75) is 45.6 Å². The van der Waals surface area contributed by atoms with Crippen molar-refractivity contribution in [3.05, 3.63) is 17.1 Å². The highest BCUT2D eigenvalue weighted by molar-refractivity contribution is 5.44. The van der Waals surface area contributed by atoms with Crippen LogP contribution in [0.2, 0.25) is 0 Å². The normalized spacial score (nSPS) is 16.1. The molecule has 1 atom stereocenters. The summed E-state index contributed by atoms with van der Waals surface area (Å²) >= 11 is 0. The van der Waals surface area contributed by atoms with Crippen LogP contribution in [0.1, 0.15) is 49.9 Å². The van der Waals surface area contributed by atoms with Crippen LogP contribution in [0.15, 0.2) is 0 Å². The largest absolute Gasteiger partial charge is 0.383 e. The molecule has 88 valence electrons. The van der Waals surface area contributed by atoms with E-state index in [-0.39, 0.29) is 6.10 Å². The first-order valence-electron chi connectivity index (χ1n) is 6.03. The van der Waals surface area contributed by atoms with Gasteiger partial charge in [-0.2, -0.15) is 0 Å². The molecule has 0 aromatic carbocycles. The Labute approximate surface area is 96.2 Å². The van der Waals surface area contributed by atoms with E-state index in [1.54, 1.807) is 0 Å². The lowest BCUT2D eigenvalue weighted by atomic mass is 10.2. The Morgan fingerprint density at radius 2 is 2.12 bits per heavy atom. The van der Waals surface area contributed by atoms with Crippen LogP contribution in [-0.2, 0) is 17.6 Å². The topological polar surface area (TPSA) is 61.0 Å². The molecule has 0 saturated carbocycles. The Hall–Kier alpha value is -1.16. The van der Waals surface area contributed by atoms with Gasteiger partial charge < -0.3 is 10.5 Å². The fourth-order valence-electron chi connectivity index (χ4n) is 2.20. The van der Waals surface area contributed by atoms with Crippen molar-refractivity contribution in [3.63, 3.8) is 0 Å². The van der Waals surface area contributed by atoms with Crippen LogP contribution in [0.25, 0.3) is 0 Å². The van der Waals surface area contributed by atoms with E-state index >= 15 is 0 Å². The maximum Gasteiger partial charge on any atom is 0.159 e. The maximum absolute atomic E-state index is 5.95. The zero-order valence-electron chi connectivity index (χ0n) is 9.99. The van der Waals surface area contributed by atoms with E-state index in [1.807, 2.05) is 6.92 Å². The van der Waals surface area contributed by atoms with Crippen molar-refractivity contribution in [3.8, 4) is 0 Å². The number of nitrogen functional groups attached to an aromatic ring is 1. The molecule has 0 saturated heterocycles. The molecule has 4 nitrogen and oxygen atoms in total. The lowest BCUT2D eigenvalue weighted by Gasteiger charge is -2.15. The number of fused-ring (bicyclic) bond motifs is 1. The van der Waals surface area contributed by atoms with E-state index in [0.717, 1.165) is 42.8 Å². The summed E-state index contributed by atoms with van der Waals surface area (Å²) in [7, 11) is 0. The molecular weight excluding hydrogens is 202 g/mol. The van der Waals surface area contributed by atoms with E-state index in [1.165, 1.54) is 0 Å². The fraction of sp³-hybridized carbons (Fsp3) is 0.667. The molecule has 0 aliphatic heterocycles. The van der Waals surface area contributed by atoms with Gasteiger partial charge in [-0.3, -0.25) is 0 Å². The number of hydrogen-bond donors (Lipinski definition) is 1. The fourth-order valence-corrected chi connectivity index (χ4v) is 2.20. The van der Waals surface area contributed by atoms with Crippen molar-refractivity contribution < 1.29 is 4.74 Å². The van der Waals surface area contributed by atoms with Crippen molar-refractivity contribution in [2.75, 3.05) is 12.3 Å². The quantitative estimate of drug-likeness (QED) is 0.845. The van der Waals surface area contributed by atoms with Gasteiger partial charge in [0.1, 0.15) is 11.9 Å². The van der Waals surface area contributed by atoms with Gasteiger partial charge in [-0.05, 0) is 32.6 Å². The number of nitrogens with zero attached hydrogens (tertiary/aromatic N) is 2. The summed E-state index contributed by atoms with van der Waals surface area (Å²) < 4.78 is 5.61. The van der Waals surface area contributed by atoms with E-state index in [4.69, 9.17) is 10.5 Å². The van der Waals surface area contributed by atoms with Gasteiger partial charge in [0.25, 0.3) is 0 Å². The molecular formula is C12H19N3O. The Balaban J connectivity index is 2.31. The summed E-state index contributed by atoms with van der Waals surface area (Å²) in [5.74, 6) is 1.40. The van der Waals surface area contributed by atoms with Gasteiger partial charge in [-0.15, -0.1) is 0 Å². The zero-order valence-corrected chi connectivity index (χ0v) is 9.99. The lowest BCUT2D eigenvalue weighted by Crippen LogP contribution is -2.12. The van der Waals surface area contributed by atoms with Gasteiger partial charge in [0.05, 0.1) is 0 Å².